The molecule has 0 radical (unpaired) electrons. The summed E-state index contributed by atoms with van der Waals surface area (Å²) in [6.45, 7) is 1.62. The lowest BCUT2D eigenvalue weighted by molar-refractivity contribution is -0.119. The van der Waals surface area contributed by atoms with Crippen LogP contribution in [0.4, 0.5) is 0 Å². The van der Waals surface area contributed by atoms with E-state index in [0.29, 0.717) is 0 Å². The molecular weight excluding hydrogens is 142 g/mol. The Morgan fingerprint density at radius 2 is 2.44 bits per heavy atom. The van der Waals surface area contributed by atoms with Crippen LogP contribution >= 0.6 is 11.6 Å². The molecule has 0 fully saturated rings. The summed E-state index contributed by atoms with van der Waals surface area (Å²) in [5.74, 6) is -0.000494. The monoisotopic (exact) mass is 151 g/mol. The van der Waals surface area contributed by atoms with Gasteiger partial charge in [0.1, 0.15) is 0 Å². The van der Waals surface area contributed by atoms with Crippen LogP contribution in [0.1, 0.15) is 6.92 Å². The van der Waals surface area contributed by atoms with E-state index in [2.05, 4.69) is 5.32 Å². The molecule has 0 saturated heterocycles. The molecule has 0 heterocycles. The standard InChI is InChI=1S/C5H10ClNO2/c1-4(8)7-3-5(9)2-6/h5,9H,2-3H2,1H3,(H,7,8)/t5-/m0/s1. The van der Waals surface area contributed by atoms with Gasteiger partial charge in [-0.25, -0.2) is 0 Å². The maximum Gasteiger partial charge on any atom is 0.216 e. The van der Waals surface area contributed by atoms with Crippen LogP contribution in [-0.4, -0.2) is 29.5 Å². The summed E-state index contributed by atoms with van der Waals surface area (Å²) in [5.41, 5.74) is 0. The van der Waals surface area contributed by atoms with Gasteiger partial charge in [0.15, 0.2) is 0 Å². The maximum atomic E-state index is 10.2. The molecule has 0 aliphatic heterocycles. The summed E-state index contributed by atoms with van der Waals surface area (Å²) >= 11 is 5.23. The van der Waals surface area contributed by atoms with Gasteiger partial charge in [-0.1, -0.05) is 0 Å². The number of aliphatic hydroxyl groups excluding tert-OH is 1. The Bertz CT molecular complexity index is 97.0. The highest BCUT2D eigenvalue weighted by Gasteiger charge is 2.00. The van der Waals surface area contributed by atoms with Gasteiger partial charge in [0.05, 0.1) is 12.0 Å². The highest BCUT2D eigenvalue weighted by molar-refractivity contribution is 6.18. The molecule has 0 aromatic rings. The molecule has 0 spiro atoms. The lowest BCUT2D eigenvalue weighted by atomic mass is 10.4. The smallest absolute Gasteiger partial charge is 0.216 e. The quantitative estimate of drug-likeness (QED) is 0.546. The number of halogens is 1. The Balaban J connectivity index is 3.16. The van der Waals surface area contributed by atoms with E-state index in [-0.39, 0.29) is 18.3 Å². The number of carbonyl (C=O) groups is 1. The minimum Gasteiger partial charge on any atom is -0.390 e. The van der Waals surface area contributed by atoms with Crippen molar-refractivity contribution in [1.29, 1.82) is 0 Å². The van der Waals surface area contributed by atoms with Crippen LogP contribution < -0.4 is 5.32 Å². The molecule has 0 aliphatic rings. The van der Waals surface area contributed by atoms with Gasteiger partial charge in [-0.3, -0.25) is 4.79 Å². The van der Waals surface area contributed by atoms with Gasteiger partial charge in [-0.05, 0) is 0 Å². The Kier molecular flexibility index (Phi) is 4.44. The average molecular weight is 152 g/mol. The first kappa shape index (κ1) is 8.72. The first-order chi connectivity index (χ1) is 4.16. The minimum atomic E-state index is -0.629. The molecule has 1 atom stereocenters. The van der Waals surface area contributed by atoms with Crippen molar-refractivity contribution in [2.24, 2.45) is 0 Å². The first-order valence-corrected chi connectivity index (χ1v) is 3.18. The van der Waals surface area contributed by atoms with E-state index in [1.165, 1.54) is 6.92 Å². The topological polar surface area (TPSA) is 49.3 Å². The van der Waals surface area contributed by atoms with Gasteiger partial charge in [-0.2, -0.15) is 0 Å². The summed E-state index contributed by atoms with van der Waals surface area (Å²) in [4.78, 5) is 10.2. The van der Waals surface area contributed by atoms with Crippen molar-refractivity contribution in [1.82, 2.24) is 5.32 Å². The fourth-order valence-corrected chi connectivity index (χ4v) is 0.425. The Morgan fingerprint density at radius 1 is 1.89 bits per heavy atom. The van der Waals surface area contributed by atoms with Crippen molar-refractivity contribution < 1.29 is 9.90 Å². The molecule has 0 rings (SSSR count). The fourth-order valence-electron chi connectivity index (χ4n) is 0.316. The molecule has 2 N–H and O–H groups in total. The summed E-state index contributed by atoms with van der Waals surface area (Å²) in [6.07, 6.45) is -0.629. The molecule has 1 amide bonds. The normalized spacial score (nSPS) is 12.8. The number of rotatable bonds is 3. The number of carbonyl (C=O) groups excluding carboxylic acids is 1. The summed E-state index contributed by atoms with van der Waals surface area (Å²) in [7, 11) is 0. The van der Waals surface area contributed by atoms with Gasteiger partial charge in [0, 0.05) is 13.5 Å². The second-order valence-corrected chi connectivity index (χ2v) is 2.05. The highest BCUT2D eigenvalue weighted by Crippen LogP contribution is 1.83. The molecule has 0 bridgehead atoms. The Hall–Kier alpha value is -0.280. The molecular formula is C5H10ClNO2. The van der Waals surface area contributed by atoms with E-state index in [1.54, 1.807) is 0 Å². The molecule has 54 valence electrons. The lowest BCUT2D eigenvalue weighted by Crippen LogP contribution is -2.31. The number of hydrogen-bond acceptors (Lipinski definition) is 2. The first-order valence-electron chi connectivity index (χ1n) is 2.65. The predicted octanol–water partition coefficient (Wildman–Crippen LogP) is -0.278. The third-order valence-electron chi connectivity index (χ3n) is 0.765. The summed E-state index contributed by atoms with van der Waals surface area (Å²) in [5, 5.41) is 11.2. The van der Waals surface area contributed by atoms with Crippen molar-refractivity contribution in [2.75, 3.05) is 12.4 Å². The zero-order chi connectivity index (χ0) is 7.28. The zero-order valence-corrected chi connectivity index (χ0v) is 5.98. The number of amides is 1. The maximum absolute atomic E-state index is 10.2. The Morgan fingerprint density at radius 3 is 2.78 bits per heavy atom. The van der Waals surface area contributed by atoms with E-state index in [1.807, 2.05) is 0 Å². The predicted molar refractivity (Wildman–Crippen MR) is 35.4 cm³/mol. The fraction of sp³-hybridized carbons (Fsp3) is 0.800. The highest BCUT2D eigenvalue weighted by atomic mass is 35.5. The Labute approximate surface area is 59.0 Å². The van der Waals surface area contributed by atoms with Gasteiger partial charge >= 0.3 is 0 Å². The van der Waals surface area contributed by atoms with Crippen LogP contribution in [0.15, 0.2) is 0 Å². The van der Waals surface area contributed by atoms with Crippen LogP contribution in [0.2, 0.25) is 0 Å². The minimum absolute atomic E-state index is 0.153. The van der Waals surface area contributed by atoms with Crippen LogP contribution in [-0.2, 0) is 4.79 Å². The third-order valence-corrected chi connectivity index (χ3v) is 1.12. The molecule has 0 saturated carbocycles. The van der Waals surface area contributed by atoms with Crippen molar-refractivity contribution >= 4 is 17.5 Å². The van der Waals surface area contributed by atoms with Crippen LogP contribution in [0.25, 0.3) is 0 Å². The third kappa shape index (κ3) is 5.59. The number of nitrogens with one attached hydrogen (secondary N) is 1. The van der Waals surface area contributed by atoms with Gasteiger partial charge in [0.25, 0.3) is 0 Å². The van der Waals surface area contributed by atoms with Crippen molar-refractivity contribution in [3.8, 4) is 0 Å². The molecule has 0 aromatic carbocycles. The second kappa shape index (κ2) is 4.58. The molecule has 0 unspecified atom stereocenters. The van der Waals surface area contributed by atoms with Gasteiger partial charge in [-0.15, -0.1) is 11.6 Å². The van der Waals surface area contributed by atoms with E-state index >= 15 is 0 Å². The summed E-state index contributed by atoms with van der Waals surface area (Å²) < 4.78 is 0. The number of alkyl halides is 1. The average Bonchev–Trinajstić information content (AvgIpc) is 1.83. The van der Waals surface area contributed by atoms with Crippen LogP contribution in [0.3, 0.4) is 0 Å². The van der Waals surface area contributed by atoms with Crippen molar-refractivity contribution in [2.45, 2.75) is 13.0 Å². The molecule has 0 aliphatic carbocycles. The van der Waals surface area contributed by atoms with E-state index in [4.69, 9.17) is 16.7 Å². The zero-order valence-electron chi connectivity index (χ0n) is 5.22. The van der Waals surface area contributed by atoms with E-state index < -0.39 is 6.10 Å². The van der Waals surface area contributed by atoms with E-state index in [0.717, 1.165) is 0 Å². The molecule has 4 heteroatoms. The van der Waals surface area contributed by atoms with Crippen LogP contribution in [0.5, 0.6) is 0 Å². The molecule has 0 aromatic heterocycles. The lowest BCUT2D eigenvalue weighted by Gasteiger charge is -2.05. The molecule has 9 heavy (non-hydrogen) atoms. The largest absolute Gasteiger partial charge is 0.390 e. The van der Waals surface area contributed by atoms with Crippen molar-refractivity contribution in [3.63, 3.8) is 0 Å². The second-order valence-electron chi connectivity index (χ2n) is 1.75. The molecule has 3 nitrogen and oxygen atoms in total. The van der Waals surface area contributed by atoms with E-state index in [9.17, 15) is 4.79 Å². The number of hydrogen-bond donors (Lipinski definition) is 2. The summed E-state index contributed by atoms with van der Waals surface area (Å²) in [6, 6.07) is 0. The van der Waals surface area contributed by atoms with Gasteiger partial charge in [0.2, 0.25) is 5.91 Å². The van der Waals surface area contributed by atoms with Crippen molar-refractivity contribution in [3.05, 3.63) is 0 Å². The number of aliphatic hydroxyl groups is 1. The van der Waals surface area contributed by atoms with Gasteiger partial charge < -0.3 is 10.4 Å². The van der Waals surface area contributed by atoms with Crippen LogP contribution in [0, 0.1) is 0 Å². The SMILES string of the molecule is CC(=O)NC[C@@H](O)CCl.